The van der Waals surface area contributed by atoms with Crippen molar-refractivity contribution < 1.29 is 9.53 Å². The fraction of sp³-hybridized carbons (Fsp3) is 0.448. The Kier molecular flexibility index (Phi) is 9.32. The van der Waals surface area contributed by atoms with Gasteiger partial charge < -0.3 is 4.74 Å². The van der Waals surface area contributed by atoms with Crippen LogP contribution in [0.1, 0.15) is 75.3 Å². The number of thioether (sulfide) groups is 1. The minimum absolute atomic E-state index is 0.135. The lowest BCUT2D eigenvalue weighted by Crippen LogP contribution is -2.41. The van der Waals surface area contributed by atoms with E-state index in [0.29, 0.717) is 18.7 Å². The van der Waals surface area contributed by atoms with Gasteiger partial charge in [0, 0.05) is 9.61 Å². The van der Waals surface area contributed by atoms with Gasteiger partial charge in [-0.2, -0.15) is 0 Å². The predicted molar refractivity (Wildman–Crippen MR) is 166 cm³/mol. The summed E-state index contributed by atoms with van der Waals surface area (Å²) in [5, 5.41) is 0.942. The van der Waals surface area contributed by atoms with Crippen LogP contribution < -0.4 is 4.74 Å². The van der Waals surface area contributed by atoms with Gasteiger partial charge in [-0.1, -0.05) is 56.7 Å². The Bertz CT molecular complexity index is 1140. The molecule has 2 aromatic carbocycles. The normalized spacial score (nSPS) is 22.1. The van der Waals surface area contributed by atoms with Crippen LogP contribution in [0.4, 0.5) is 0 Å². The highest BCUT2D eigenvalue weighted by molar-refractivity contribution is 14.1. The Morgan fingerprint density at radius 2 is 1.64 bits per heavy atom. The lowest BCUT2D eigenvalue weighted by Gasteiger charge is -2.31. The molecule has 0 atom stereocenters. The fourth-order valence-corrected chi connectivity index (χ4v) is 7.39. The number of hydrogen-bond acceptors (Lipinski definition) is 4. The smallest absolute Gasteiger partial charge is 0.266 e. The van der Waals surface area contributed by atoms with Crippen LogP contribution in [0.2, 0.25) is 0 Å². The maximum Gasteiger partial charge on any atom is 0.266 e. The van der Waals surface area contributed by atoms with E-state index in [1.54, 1.807) is 11.8 Å². The van der Waals surface area contributed by atoms with E-state index < -0.39 is 0 Å². The van der Waals surface area contributed by atoms with E-state index in [9.17, 15) is 4.79 Å². The average molecular weight is 726 g/mol. The largest absolute Gasteiger partial charge is 0.488 e. The highest BCUT2D eigenvalue weighted by atomic mass is 127. The molecule has 4 nitrogen and oxygen atoms in total. The van der Waals surface area contributed by atoms with Crippen LogP contribution in [0.25, 0.3) is 6.08 Å². The second kappa shape index (κ2) is 12.7. The molecule has 5 rings (SSSR count). The van der Waals surface area contributed by atoms with E-state index in [2.05, 4.69) is 75.5 Å². The van der Waals surface area contributed by atoms with Gasteiger partial charge in [0.15, 0.2) is 5.17 Å². The van der Waals surface area contributed by atoms with Crippen molar-refractivity contribution in [2.24, 2.45) is 4.99 Å². The molecule has 2 saturated carbocycles. The van der Waals surface area contributed by atoms with Crippen LogP contribution in [-0.4, -0.2) is 28.1 Å². The number of carbonyl (C=O) groups is 1. The molecule has 3 aliphatic rings. The van der Waals surface area contributed by atoms with Crippen LogP contribution in [-0.2, 0) is 11.4 Å². The van der Waals surface area contributed by atoms with Gasteiger partial charge in [-0.15, -0.1) is 0 Å². The van der Waals surface area contributed by atoms with Gasteiger partial charge in [-0.3, -0.25) is 14.7 Å². The van der Waals surface area contributed by atoms with Crippen molar-refractivity contribution in [3.8, 4) is 5.75 Å². The van der Waals surface area contributed by atoms with Crippen LogP contribution in [0.5, 0.6) is 5.75 Å². The molecule has 0 spiro atoms. The van der Waals surface area contributed by atoms with Crippen LogP contribution in [0.3, 0.4) is 0 Å². The standard InChI is InChI=1S/C29H32I2N2O2S/c30-22-14-11-20(12-15-22)19-35-26-16-13-21(17-25(26)31)18-27-28(34)33(24-9-5-2-6-10-24)29(36-27)32-23-7-3-1-4-8-23/h11-18,23-24H,1-10,19H2. The van der Waals surface area contributed by atoms with E-state index >= 15 is 0 Å². The average Bonchev–Trinajstić information content (AvgIpc) is 3.19. The molecule has 0 bridgehead atoms. The van der Waals surface area contributed by atoms with Gasteiger partial charge in [0.2, 0.25) is 0 Å². The van der Waals surface area contributed by atoms with E-state index in [1.807, 2.05) is 23.1 Å². The number of benzene rings is 2. The number of halogens is 2. The maximum atomic E-state index is 13.6. The van der Waals surface area contributed by atoms with E-state index in [4.69, 9.17) is 9.73 Å². The van der Waals surface area contributed by atoms with Gasteiger partial charge in [0.25, 0.3) is 5.91 Å². The van der Waals surface area contributed by atoms with Gasteiger partial charge in [-0.25, -0.2) is 0 Å². The van der Waals surface area contributed by atoms with Crippen molar-refractivity contribution in [1.82, 2.24) is 4.90 Å². The minimum Gasteiger partial charge on any atom is -0.488 e. The lowest BCUT2D eigenvalue weighted by atomic mass is 9.94. The number of hydrogen-bond donors (Lipinski definition) is 0. The lowest BCUT2D eigenvalue weighted by molar-refractivity contribution is -0.124. The number of amides is 1. The monoisotopic (exact) mass is 726 g/mol. The first-order valence-electron chi connectivity index (χ1n) is 13.0. The van der Waals surface area contributed by atoms with Crippen LogP contribution in [0, 0.1) is 7.14 Å². The summed E-state index contributed by atoms with van der Waals surface area (Å²) in [6.07, 6.45) is 14.0. The third-order valence-electron chi connectivity index (χ3n) is 7.21. The van der Waals surface area contributed by atoms with Gasteiger partial charge in [-0.05, 0) is 124 Å². The molecule has 1 aliphatic heterocycles. The highest BCUT2D eigenvalue weighted by Crippen LogP contribution is 2.39. The van der Waals surface area contributed by atoms with E-state index in [1.165, 1.54) is 42.1 Å². The van der Waals surface area contributed by atoms with Crippen molar-refractivity contribution in [2.45, 2.75) is 82.9 Å². The number of rotatable bonds is 6. The fourth-order valence-electron chi connectivity index (χ4n) is 5.22. The van der Waals surface area contributed by atoms with Crippen molar-refractivity contribution in [3.63, 3.8) is 0 Å². The molecule has 1 amide bonds. The third-order valence-corrected chi connectivity index (χ3v) is 9.77. The van der Waals surface area contributed by atoms with Crippen LogP contribution in [0.15, 0.2) is 52.4 Å². The van der Waals surface area contributed by atoms with Gasteiger partial charge >= 0.3 is 0 Å². The molecule has 1 saturated heterocycles. The number of carbonyl (C=O) groups excluding carboxylic acids is 1. The molecule has 36 heavy (non-hydrogen) atoms. The molecule has 0 radical (unpaired) electrons. The second-order valence-electron chi connectivity index (χ2n) is 9.89. The zero-order valence-electron chi connectivity index (χ0n) is 20.4. The maximum absolute atomic E-state index is 13.6. The molecule has 7 heteroatoms. The first-order valence-corrected chi connectivity index (χ1v) is 16.0. The molecule has 190 valence electrons. The SMILES string of the molecule is O=C1C(=Cc2ccc(OCc3ccc(I)cc3)c(I)c2)SC(=NC2CCCCC2)N1C1CCCCC1. The Morgan fingerprint density at radius 1 is 0.944 bits per heavy atom. The Morgan fingerprint density at radius 3 is 2.33 bits per heavy atom. The molecule has 0 unspecified atom stereocenters. The number of nitrogens with zero attached hydrogens (tertiary/aromatic N) is 2. The topological polar surface area (TPSA) is 41.9 Å². The molecular weight excluding hydrogens is 694 g/mol. The highest BCUT2D eigenvalue weighted by Gasteiger charge is 2.39. The van der Waals surface area contributed by atoms with E-state index in [0.717, 1.165) is 56.2 Å². The summed E-state index contributed by atoms with van der Waals surface area (Å²) in [6, 6.07) is 15.2. The Hall–Kier alpha value is -1.07. The second-order valence-corrected chi connectivity index (χ2v) is 13.3. The first kappa shape index (κ1) is 26.5. The summed E-state index contributed by atoms with van der Waals surface area (Å²) < 4.78 is 8.34. The summed E-state index contributed by atoms with van der Waals surface area (Å²) in [5.74, 6) is 1.00. The Balaban J connectivity index is 1.33. The van der Waals surface area contributed by atoms with Crippen molar-refractivity contribution >= 4 is 74.1 Å². The number of amidine groups is 1. The Labute approximate surface area is 246 Å². The molecule has 2 aliphatic carbocycles. The predicted octanol–water partition coefficient (Wildman–Crippen LogP) is 8.41. The van der Waals surface area contributed by atoms with Gasteiger partial charge in [0.1, 0.15) is 12.4 Å². The van der Waals surface area contributed by atoms with Crippen molar-refractivity contribution in [1.29, 1.82) is 0 Å². The molecule has 1 heterocycles. The van der Waals surface area contributed by atoms with Gasteiger partial charge in [0.05, 0.1) is 14.5 Å². The zero-order chi connectivity index (χ0) is 24.9. The number of ether oxygens (including phenoxy) is 1. The molecule has 2 aromatic rings. The van der Waals surface area contributed by atoms with Crippen LogP contribution >= 0.6 is 56.9 Å². The van der Waals surface area contributed by atoms with Crippen molar-refractivity contribution in [2.75, 3.05) is 0 Å². The summed E-state index contributed by atoms with van der Waals surface area (Å²) in [7, 11) is 0. The van der Waals surface area contributed by atoms with Crippen molar-refractivity contribution in [3.05, 3.63) is 65.6 Å². The first-order chi connectivity index (χ1) is 17.6. The third kappa shape index (κ3) is 6.67. The molecule has 0 N–H and O–H groups in total. The summed E-state index contributed by atoms with van der Waals surface area (Å²) in [4.78, 5) is 21.6. The molecular formula is C29H32I2N2O2S. The zero-order valence-corrected chi connectivity index (χ0v) is 25.6. The summed E-state index contributed by atoms with van der Waals surface area (Å²) >= 11 is 6.22. The molecule has 0 aromatic heterocycles. The summed E-state index contributed by atoms with van der Waals surface area (Å²) in [6.45, 7) is 0.541. The quantitative estimate of drug-likeness (QED) is 0.222. The minimum atomic E-state index is 0.135. The summed E-state index contributed by atoms with van der Waals surface area (Å²) in [5.41, 5.74) is 2.18. The van der Waals surface area contributed by atoms with E-state index in [-0.39, 0.29) is 5.91 Å². The molecule has 3 fully saturated rings. The number of aliphatic imine (C=N–C) groups is 1.